The van der Waals surface area contributed by atoms with Crippen LogP contribution >= 0.6 is 15.9 Å². The largest absolute Gasteiger partial charge is 0.494 e. The van der Waals surface area contributed by atoms with Crippen LogP contribution in [0.15, 0.2) is 87.2 Å². The number of carbonyl (C=O) groups excluding carboxylic acids is 1. The average Bonchev–Trinajstić information content (AvgIpc) is 3.04. The van der Waals surface area contributed by atoms with E-state index in [4.69, 9.17) is 14.5 Å². The van der Waals surface area contributed by atoms with Gasteiger partial charge in [-0.1, -0.05) is 60.1 Å². The van der Waals surface area contributed by atoms with Gasteiger partial charge in [-0.15, -0.1) is 0 Å². The van der Waals surface area contributed by atoms with Gasteiger partial charge in [-0.05, 0) is 79.8 Å². The number of nitro groups is 1. The van der Waals surface area contributed by atoms with E-state index in [-0.39, 0.29) is 28.7 Å². The molecule has 0 bridgehead atoms. The maximum atomic E-state index is 14.0. The summed E-state index contributed by atoms with van der Waals surface area (Å²) in [5.41, 5.74) is 3.71. The molecule has 0 aliphatic heterocycles. The predicted octanol–water partition coefficient (Wildman–Crippen LogP) is 7.77. The van der Waals surface area contributed by atoms with E-state index in [1.165, 1.54) is 17.0 Å². The minimum Gasteiger partial charge on any atom is -0.494 e. The molecule has 1 heterocycles. The highest BCUT2D eigenvalue weighted by molar-refractivity contribution is 9.10. The van der Waals surface area contributed by atoms with Crippen LogP contribution < -0.4 is 20.3 Å². The molecule has 5 aromatic rings. The Labute approximate surface area is 285 Å². The highest BCUT2D eigenvalue weighted by atomic mass is 79.9. The Balaban J connectivity index is 1.63. The third-order valence-corrected chi connectivity index (χ3v) is 8.07. The molecule has 12 heteroatoms. The molecule has 0 spiro atoms. The van der Waals surface area contributed by atoms with Gasteiger partial charge in [0.25, 0.3) is 11.5 Å². The minimum absolute atomic E-state index is 0.111. The smallest absolute Gasteiger partial charge is 0.312 e. The Morgan fingerprint density at radius 2 is 1.79 bits per heavy atom. The molecular formula is C36H34BrN5O6. The van der Waals surface area contributed by atoms with Crippen LogP contribution in [0.2, 0.25) is 0 Å². The first kappa shape index (κ1) is 34.0. The molecule has 0 saturated carbocycles. The molecule has 246 valence electrons. The van der Waals surface area contributed by atoms with Gasteiger partial charge in [0, 0.05) is 27.4 Å². The second kappa shape index (κ2) is 14.6. The lowest BCUT2D eigenvalue weighted by molar-refractivity contribution is -0.385. The summed E-state index contributed by atoms with van der Waals surface area (Å²) in [6.45, 7) is 9.77. The van der Waals surface area contributed by atoms with Crippen LogP contribution in [-0.4, -0.2) is 39.9 Å². The Morgan fingerprint density at radius 1 is 1.06 bits per heavy atom. The van der Waals surface area contributed by atoms with Crippen molar-refractivity contribution in [3.8, 4) is 22.9 Å². The van der Waals surface area contributed by atoms with Crippen molar-refractivity contribution in [1.82, 2.24) is 9.66 Å². The second-order valence-electron chi connectivity index (χ2n) is 11.4. The molecule has 1 aromatic heterocycles. The van der Waals surface area contributed by atoms with Gasteiger partial charge in [-0.25, -0.2) is 4.98 Å². The van der Waals surface area contributed by atoms with Gasteiger partial charge in [0.15, 0.2) is 12.4 Å². The number of ether oxygens (including phenoxy) is 2. The van der Waals surface area contributed by atoms with Gasteiger partial charge >= 0.3 is 5.69 Å². The van der Waals surface area contributed by atoms with Gasteiger partial charge in [0.05, 0.1) is 28.6 Å². The van der Waals surface area contributed by atoms with E-state index in [0.29, 0.717) is 33.2 Å². The molecule has 0 unspecified atom stereocenters. The third kappa shape index (κ3) is 7.28. The Morgan fingerprint density at radius 3 is 2.50 bits per heavy atom. The number of benzene rings is 4. The van der Waals surface area contributed by atoms with Crippen molar-refractivity contribution < 1.29 is 19.2 Å². The lowest BCUT2D eigenvalue weighted by atomic mass is 9.96. The van der Waals surface area contributed by atoms with Crippen molar-refractivity contribution in [2.75, 3.05) is 18.5 Å². The van der Waals surface area contributed by atoms with E-state index in [1.807, 2.05) is 45.0 Å². The average molecular weight is 713 g/mol. The number of halogens is 1. The fourth-order valence-corrected chi connectivity index (χ4v) is 5.69. The number of aromatic nitrogens is 2. The lowest BCUT2D eigenvalue weighted by Crippen LogP contribution is -2.22. The monoisotopic (exact) mass is 711 g/mol. The van der Waals surface area contributed by atoms with E-state index in [2.05, 4.69) is 40.2 Å². The number of nitrogens with one attached hydrogen (secondary N) is 1. The van der Waals surface area contributed by atoms with Crippen LogP contribution in [0.25, 0.3) is 22.3 Å². The van der Waals surface area contributed by atoms with Crippen molar-refractivity contribution >= 4 is 50.3 Å². The number of hydrogen-bond donors (Lipinski definition) is 1. The molecule has 1 N–H and O–H groups in total. The molecule has 0 aliphatic rings. The van der Waals surface area contributed by atoms with Gasteiger partial charge in [0.1, 0.15) is 5.75 Å². The number of para-hydroxylation sites is 2. The Bertz CT molecular complexity index is 2130. The summed E-state index contributed by atoms with van der Waals surface area (Å²) in [4.78, 5) is 43.1. The minimum atomic E-state index is -0.609. The zero-order valence-corrected chi connectivity index (χ0v) is 28.7. The summed E-state index contributed by atoms with van der Waals surface area (Å²) >= 11 is 3.33. The number of nitrogens with zero attached hydrogens (tertiary/aromatic N) is 4. The quantitative estimate of drug-likeness (QED) is 0.0839. The zero-order valence-electron chi connectivity index (χ0n) is 27.1. The maximum Gasteiger partial charge on any atom is 0.312 e. The van der Waals surface area contributed by atoms with E-state index in [1.54, 1.807) is 42.5 Å². The van der Waals surface area contributed by atoms with Crippen molar-refractivity contribution in [3.05, 3.63) is 120 Å². The number of aryl methyl sites for hydroxylation is 2. The summed E-state index contributed by atoms with van der Waals surface area (Å²) in [6.07, 6.45) is 1.29. The number of anilines is 1. The first-order valence-electron chi connectivity index (χ1n) is 15.3. The third-order valence-electron chi connectivity index (χ3n) is 7.61. The van der Waals surface area contributed by atoms with Crippen molar-refractivity contribution in [1.29, 1.82) is 0 Å². The highest BCUT2D eigenvalue weighted by Gasteiger charge is 2.23. The topological polar surface area (TPSA) is 138 Å². The molecule has 11 nitrogen and oxygen atoms in total. The van der Waals surface area contributed by atoms with Crippen molar-refractivity contribution in [3.63, 3.8) is 0 Å². The number of amides is 1. The fourth-order valence-electron chi connectivity index (χ4n) is 5.22. The predicted molar refractivity (Wildman–Crippen MR) is 191 cm³/mol. The molecule has 4 aromatic carbocycles. The maximum absolute atomic E-state index is 14.0. The van der Waals surface area contributed by atoms with Gasteiger partial charge in [0.2, 0.25) is 5.75 Å². The molecule has 0 fully saturated rings. The lowest BCUT2D eigenvalue weighted by Gasteiger charge is -2.18. The van der Waals surface area contributed by atoms with Crippen molar-refractivity contribution in [2.24, 2.45) is 5.10 Å². The number of carbonyl (C=O) groups is 1. The summed E-state index contributed by atoms with van der Waals surface area (Å²) in [5.74, 6) is 0.451. The number of fused-ring (bicyclic) bond motifs is 1. The number of hydrogen-bond acceptors (Lipinski definition) is 8. The van der Waals surface area contributed by atoms with Gasteiger partial charge in [-0.2, -0.15) is 9.78 Å². The number of rotatable bonds is 11. The van der Waals surface area contributed by atoms with Crippen LogP contribution in [0.5, 0.6) is 11.5 Å². The zero-order chi connectivity index (χ0) is 34.5. The summed E-state index contributed by atoms with van der Waals surface area (Å²) < 4.78 is 13.2. The molecule has 0 radical (unpaired) electrons. The Hall–Kier alpha value is -5.36. The molecular weight excluding hydrogens is 678 g/mol. The van der Waals surface area contributed by atoms with Crippen LogP contribution in [-0.2, 0) is 4.79 Å². The van der Waals surface area contributed by atoms with Gasteiger partial charge < -0.3 is 14.8 Å². The molecule has 48 heavy (non-hydrogen) atoms. The Kier molecular flexibility index (Phi) is 10.3. The van der Waals surface area contributed by atoms with Crippen LogP contribution in [0.1, 0.15) is 48.9 Å². The van der Waals surface area contributed by atoms with Crippen LogP contribution in [0.4, 0.5) is 11.4 Å². The van der Waals surface area contributed by atoms with E-state index in [9.17, 15) is 19.7 Å². The standard InChI is InChI=1S/C36H34BrN5O6/c1-6-47-32-15-23(5)28(18-27(32)21(2)3)35-40-30-14-10-8-12-26(30)36(44)41(35)38-19-24-16-25(37)17-31(42(45)46)34(24)48-20-33(43)39-29-13-9-7-11-22(29)4/h7-19,21H,6,20H2,1-5H3,(H,39,43). The molecule has 0 saturated heterocycles. The summed E-state index contributed by atoms with van der Waals surface area (Å²) in [7, 11) is 0. The van der Waals surface area contributed by atoms with E-state index in [0.717, 1.165) is 22.4 Å². The van der Waals surface area contributed by atoms with Crippen LogP contribution in [0, 0.1) is 24.0 Å². The van der Waals surface area contributed by atoms with E-state index < -0.39 is 23.0 Å². The molecule has 0 atom stereocenters. The first-order valence-corrected chi connectivity index (χ1v) is 16.1. The SMILES string of the molecule is CCOc1cc(C)c(-c2nc3ccccc3c(=O)n2N=Cc2cc(Br)cc([N+](=O)[O-])c2OCC(=O)Nc2ccccc2C)cc1C(C)C. The molecule has 0 aliphatic carbocycles. The normalized spacial score (nSPS) is 11.3. The molecule has 5 rings (SSSR count). The molecule has 1 amide bonds. The number of nitro benzene ring substituents is 1. The first-order chi connectivity index (χ1) is 23.0. The highest BCUT2D eigenvalue weighted by Crippen LogP contribution is 2.36. The van der Waals surface area contributed by atoms with Gasteiger partial charge in [-0.3, -0.25) is 19.7 Å². The van der Waals surface area contributed by atoms with Crippen LogP contribution in [0.3, 0.4) is 0 Å². The van der Waals surface area contributed by atoms with E-state index >= 15 is 0 Å². The summed E-state index contributed by atoms with van der Waals surface area (Å²) in [6, 6.07) is 20.9. The fraction of sp³-hybridized carbons (Fsp3) is 0.222. The van der Waals surface area contributed by atoms with Crippen molar-refractivity contribution in [2.45, 2.75) is 40.5 Å². The summed E-state index contributed by atoms with van der Waals surface area (Å²) in [5, 5.41) is 19.8. The second-order valence-corrected chi connectivity index (χ2v) is 12.3.